The Balaban J connectivity index is 1.38. The van der Waals surface area contributed by atoms with Crippen molar-refractivity contribution in [2.24, 2.45) is 22.1 Å². The third kappa shape index (κ3) is 5.57. The van der Waals surface area contributed by atoms with Crippen molar-refractivity contribution in [3.05, 3.63) is 35.4 Å². The molecule has 3 heterocycles. The number of benzene rings is 1. The summed E-state index contributed by atoms with van der Waals surface area (Å²) in [6.07, 6.45) is 4.30. The minimum absolute atomic E-state index is 0.0155. The molecule has 0 bridgehead atoms. The highest BCUT2D eigenvalue weighted by Gasteiger charge is 2.42. The average molecular weight is 428 g/mol. The third-order valence-electron chi connectivity index (χ3n) is 6.97. The first-order valence-corrected chi connectivity index (χ1v) is 11.8. The number of rotatable bonds is 6. The highest BCUT2D eigenvalue weighted by molar-refractivity contribution is 5.80. The van der Waals surface area contributed by atoms with Crippen LogP contribution in [0.15, 0.2) is 29.3 Å². The Kier molecular flexibility index (Phi) is 7.13. The smallest absolute Gasteiger partial charge is 0.221 e. The van der Waals surface area contributed by atoms with Gasteiger partial charge < -0.3 is 20.7 Å². The maximum absolute atomic E-state index is 11.6. The summed E-state index contributed by atoms with van der Waals surface area (Å²) in [6, 6.07) is 8.67. The van der Waals surface area contributed by atoms with Crippen LogP contribution in [0.3, 0.4) is 0 Å². The molecule has 1 amide bonds. The fourth-order valence-electron chi connectivity index (χ4n) is 5.20. The van der Waals surface area contributed by atoms with Crippen LogP contribution in [0.25, 0.3) is 0 Å². The molecule has 2 atom stereocenters. The monoisotopic (exact) mass is 427 g/mol. The Bertz CT molecular complexity index is 790. The van der Waals surface area contributed by atoms with Gasteiger partial charge in [0.25, 0.3) is 0 Å². The number of hydrogen-bond acceptors (Lipinski definition) is 4. The van der Waals surface area contributed by atoms with Crippen molar-refractivity contribution in [1.29, 1.82) is 0 Å². The molecule has 7 nitrogen and oxygen atoms in total. The Morgan fingerprint density at radius 1 is 1.32 bits per heavy atom. The van der Waals surface area contributed by atoms with Crippen molar-refractivity contribution in [1.82, 2.24) is 15.1 Å². The van der Waals surface area contributed by atoms with E-state index in [4.69, 9.17) is 15.5 Å². The van der Waals surface area contributed by atoms with Gasteiger partial charge in [0, 0.05) is 44.7 Å². The molecule has 0 radical (unpaired) electrons. The van der Waals surface area contributed by atoms with Gasteiger partial charge in [-0.1, -0.05) is 24.3 Å². The molecule has 7 heteroatoms. The third-order valence-corrected chi connectivity index (χ3v) is 6.97. The van der Waals surface area contributed by atoms with Crippen molar-refractivity contribution in [2.45, 2.75) is 45.7 Å². The van der Waals surface area contributed by atoms with E-state index in [1.54, 1.807) is 0 Å². The molecule has 3 saturated heterocycles. The molecule has 31 heavy (non-hydrogen) atoms. The molecule has 1 spiro atoms. The normalized spacial score (nSPS) is 27.2. The summed E-state index contributed by atoms with van der Waals surface area (Å²) in [5, 5.41) is 3.48. The largest absolute Gasteiger partial charge is 0.381 e. The number of hydrogen-bond donors (Lipinski definition) is 2. The number of carbonyl (C=O) groups excluding carboxylic acids is 1. The van der Waals surface area contributed by atoms with Gasteiger partial charge in [-0.05, 0) is 50.3 Å². The van der Waals surface area contributed by atoms with Gasteiger partial charge in [-0.2, -0.15) is 0 Å². The zero-order chi connectivity index (χ0) is 21.7. The first-order valence-electron chi connectivity index (χ1n) is 11.8. The summed E-state index contributed by atoms with van der Waals surface area (Å²) in [7, 11) is 0. The highest BCUT2D eigenvalue weighted by atomic mass is 16.5. The van der Waals surface area contributed by atoms with E-state index in [9.17, 15) is 4.79 Å². The van der Waals surface area contributed by atoms with Crippen LogP contribution in [0.5, 0.6) is 0 Å². The van der Waals surface area contributed by atoms with Crippen LogP contribution in [0.1, 0.15) is 43.7 Å². The van der Waals surface area contributed by atoms with E-state index in [1.165, 1.54) is 17.5 Å². The van der Waals surface area contributed by atoms with E-state index in [0.717, 1.165) is 77.7 Å². The number of nitrogens with two attached hydrogens (primary N) is 1. The van der Waals surface area contributed by atoms with Crippen molar-refractivity contribution in [3.8, 4) is 0 Å². The summed E-state index contributed by atoms with van der Waals surface area (Å²) in [5.74, 6) is 0.826. The van der Waals surface area contributed by atoms with Crippen molar-refractivity contribution in [2.75, 3.05) is 45.9 Å². The van der Waals surface area contributed by atoms with E-state index in [0.29, 0.717) is 12.0 Å². The number of ether oxygens (including phenoxy) is 1. The van der Waals surface area contributed by atoms with Crippen LogP contribution in [-0.4, -0.2) is 67.6 Å². The van der Waals surface area contributed by atoms with E-state index < -0.39 is 0 Å². The number of nitrogens with zero attached hydrogens (tertiary/aromatic N) is 3. The lowest BCUT2D eigenvalue weighted by Crippen LogP contribution is -2.41. The molecular formula is C24H37N5O2. The predicted molar refractivity (Wildman–Crippen MR) is 123 cm³/mol. The molecule has 0 aliphatic carbocycles. The maximum Gasteiger partial charge on any atom is 0.221 e. The predicted octanol–water partition coefficient (Wildman–Crippen LogP) is 1.96. The Hall–Kier alpha value is -2.12. The van der Waals surface area contributed by atoms with Gasteiger partial charge in [0.1, 0.15) is 0 Å². The zero-order valence-electron chi connectivity index (χ0n) is 18.8. The van der Waals surface area contributed by atoms with Crippen LogP contribution in [0.4, 0.5) is 0 Å². The summed E-state index contributed by atoms with van der Waals surface area (Å²) in [4.78, 5) is 21.3. The van der Waals surface area contributed by atoms with E-state index in [1.807, 2.05) is 0 Å². The fraction of sp³-hybridized carbons (Fsp3) is 0.667. The first kappa shape index (κ1) is 22.1. The van der Waals surface area contributed by atoms with Gasteiger partial charge >= 0.3 is 0 Å². The summed E-state index contributed by atoms with van der Waals surface area (Å²) >= 11 is 0. The van der Waals surface area contributed by atoms with Gasteiger partial charge in [0.2, 0.25) is 5.91 Å². The number of guanidine groups is 1. The van der Waals surface area contributed by atoms with Gasteiger partial charge in [0.05, 0.1) is 19.1 Å². The number of nitrogens with one attached hydrogen (secondary N) is 1. The molecule has 3 aliphatic heterocycles. The van der Waals surface area contributed by atoms with E-state index in [2.05, 4.69) is 46.3 Å². The van der Waals surface area contributed by atoms with Crippen LogP contribution in [0.2, 0.25) is 0 Å². The molecule has 3 N–H and O–H groups in total. The van der Waals surface area contributed by atoms with Crippen molar-refractivity contribution >= 4 is 11.9 Å². The Morgan fingerprint density at radius 2 is 2.19 bits per heavy atom. The second-order valence-corrected chi connectivity index (χ2v) is 9.44. The van der Waals surface area contributed by atoms with E-state index >= 15 is 0 Å². The van der Waals surface area contributed by atoms with Crippen molar-refractivity contribution < 1.29 is 9.53 Å². The lowest BCUT2D eigenvalue weighted by atomic mass is 9.87. The van der Waals surface area contributed by atoms with Crippen molar-refractivity contribution in [3.63, 3.8) is 0 Å². The molecule has 3 fully saturated rings. The lowest BCUT2D eigenvalue weighted by Gasteiger charge is -2.31. The van der Waals surface area contributed by atoms with Gasteiger partial charge in [-0.15, -0.1) is 0 Å². The summed E-state index contributed by atoms with van der Waals surface area (Å²) < 4.78 is 5.68. The van der Waals surface area contributed by atoms with Gasteiger partial charge in [-0.25, -0.2) is 4.99 Å². The van der Waals surface area contributed by atoms with Gasteiger partial charge in [-0.3, -0.25) is 9.69 Å². The molecule has 2 unspecified atom stereocenters. The maximum atomic E-state index is 11.6. The zero-order valence-corrected chi connectivity index (χ0v) is 18.8. The molecule has 4 rings (SSSR count). The standard InChI is InChI=1S/C24H37N5O2/c1-2-26-23(29-11-8-24(17-29)9-12-31-18-24)27-14-19-5-3-6-20(13-19)15-28-10-4-7-21(16-28)22(25)30/h3,5-6,13,21H,2,4,7-12,14-18H2,1H3,(H2,25,30)(H,26,27). The second kappa shape index (κ2) is 10.0. The average Bonchev–Trinajstić information content (AvgIpc) is 3.41. The molecule has 170 valence electrons. The quantitative estimate of drug-likeness (QED) is 0.536. The topological polar surface area (TPSA) is 83.2 Å². The van der Waals surface area contributed by atoms with Crippen LogP contribution >= 0.6 is 0 Å². The van der Waals surface area contributed by atoms with Crippen LogP contribution in [-0.2, 0) is 22.6 Å². The molecular weight excluding hydrogens is 390 g/mol. The minimum atomic E-state index is -0.170. The van der Waals surface area contributed by atoms with Crippen LogP contribution in [0, 0.1) is 11.3 Å². The number of carbonyl (C=O) groups is 1. The molecule has 3 aliphatic rings. The summed E-state index contributed by atoms with van der Waals surface area (Å²) in [5.41, 5.74) is 8.35. The minimum Gasteiger partial charge on any atom is -0.381 e. The van der Waals surface area contributed by atoms with Gasteiger partial charge in [0.15, 0.2) is 5.96 Å². The number of piperidine rings is 1. The number of amides is 1. The van der Waals surface area contributed by atoms with E-state index in [-0.39, 0.29) is 11.8 Å². The first-order chi connectivity index (χ1) is 15.1. The number of aliphatic imine (C=N–C) groups is 1. The van der Waals surface area contributed by atoms with Crippen LogP contribution < -0.4 is 11.1 Å². The fourth-order valence-corrected chi connectivity index (χ4v) is 5.20. The SMILES string of the molecule is CCNC(=NCc1cccc(CN2CCCC(C(N)=O)C2)c1)N1CCC2(CCOC2)C1. The Morgan fingerprint density at radius 3 is 2.97 bits per heavy atom. The second-order valence-electron chi connectivity index (χ2n) is 9.44. The molecule has 1 aromatic rings. The molecule has 0 aromatic heterocycles. The molecule has 1 aromatic carbocycles. The Labute approximate surface area is 186 Å². The molecule has 0 saturated carbocycles. The number of likely N-dealkylation sites (tertiary alicyclic amines) is 2. The number of primary amides is 1. The highest BCUT2D eigenvalue weighted by Crippen LogP contribution is 2.38. The summed E-state index contributed by atoms with van der Waals surface area (Å²) in [6.45, 7) is 10.2. The lowest BCUT2D eigenvalue weighted by molar-refractivity contribution is -0.123.